The lowest BCUT2D eigenvalue weighted by Crippen LogP contribution is -2.53. The lowest BCUT2D eigenvalue weighted by molar-refractivity contribution is -0.142. The van der Waals surface area contributed by atoms with Crippen LogP contribution in [0.3, 0.4) is 0 Å². The Morgan fingerprint density at radius 2 is 1.80 bits per heavy atom. The van der Waals surface area contributed by atoms with Gasteiger partial charge in [0.1, 0.15) is 11.8 Å². The second kappa shape index (κ2) is 10.3. The first kappa shape index (κ1) is 24.2. The minimum Gasteiger partial charge on any atom is -0.482 e. The summed E-state index contributed by atoms with van der Waals surface area (Å²) in [5.74, 6) is -0.106. The van der Waals surface area contributed by atoms with E-state index in [4.69, 9.17) is 16.3 Å². The maximum atomic E-state index is 13.0. The van der Waals surface area contributed by atoms with Gasteiger partial charge in [0.25, 0.3) is 5.91 Å². The minimum atomic E-state index is -0.665. The fourth-order valence-corrected chi connectivity index (χ4v) is 3.49. The number of nitrogens with one attached hydrogen (secondary N) is 1. The van der Waals surface area contributed by atoms with Crippen LogP contribution in [0, 0.1) is 6.92 Å². The largest absolute Gasteiger partial charge is 0.482 e. The lowest BCUT2D eigenvalue weighted by atomic mass is 10.1. The maximum Gasteiger partial charge on any atom is 0.261 e. The molecule has 1 N–H and O–H groups in total. The van der Waals surface area contributed by atoms with E-state index in [1.165, 1.54) is 4.90 Å². The first-order valence-electron chi connectivity index (χ1n) is 9.71. The van der Waals surface area contributed by atoms with Gasteiger partial charge in [-0.25, -0.2) is 0 Å². The highest BCUT2D eigenvalue weighted by Crippen LogP contribution is 2.27. The van der Waals surface area contributed by atoms with Gasteiger partial charge in [-0.3, -0.25) is 9.59 Å². The van der Waals surface area contributed by atoms with E-state index in [2.05, 4.69) is 21.2 Å². The number of ether oxygens (including phenoxy) is 1. The molecule has 30 heavy (non-hydrogen) atoms. The number of carbonyl (C=O) groups excluding carboxylic acids is 2. The predicted octanol–water partition coefficient (Wildman–Crippen LogP) is 5.12. The van der Waals surface area contributed by atoms with Gasteiger partial charge in [0.05, 0.1) is 5.02 Å². The maximum absolute atomic E-state index is 13.0. The number of halogens is 2. The summed E-state index contributed by atoms with van der Waals surface area (Å²) >= 11 is 9.52. The molecule has 0 saturated heterocycles. The van der Waals surface area contributed by atoms with E-state index in [0.29, 0.717) is 17.3 Å². The Bertz CT molecular complexity index is 894. The highest BCUT2D eigenvalue weighted by molar-refractivity contribution is 9.10. The van der Waals surface area contributed by atoms with Gasteiger partial charge in [-0.2, -0.15) is 0 Å². The average molecular weight is 496 g/mol. The molecule has 0 saturated carbocycles. The SMILES string of the molecule is Cc1ccc(CN(C(=O)COc2ccc(Br)cc2Cl)[C@H](C)C(=O)NC(C)(C)C)cc1. The molecular formula is C23H28BrClN2O3. The molecule has 0 aromatic heterocycles. The van der Waals surface area contributed by atoms with Crippen LogP contribution in [-0.4, -0.2) is 34.9 Å². The zero-order valence-corrected chi connectivity index (χ0v) is 20.3. The molecule has 0 aliphatic carbocycles. The van der Waals surface area contributed by atoms with E-state index in [1.54, 1.807) is 25.1 Å². The van der Waals surface area contributed by atoms with E-state index in [1.807, 2.05) is 52.0 Å². The Labute approximate surface area is 191 Å². The van der Waals surface area contributed by atoms with Crippen molar-refractivity contribution < 1.29 is 14.3 Å². The lowest BCUT2D eigenvalue weighted by Gasteiger charge is -2.31. The van der Waals surface area contributed by atoms with Crippen molar-refractivity contribution >= 4 is 39.3 Å². The van der Waals surface area contributed by atoms with Crippen LogP contribution in [0.15, 0.2) is 46.9 Å². The topological polar surface area (TPSA) is 58.6 Å². The Hall–Kier alpha value is -2.05. The Morgan fingerprint density at radius 3 is 2.37 bits per heavy atom. The van der Waals surface area contributed by atoms with Gasteiger partial charge in [-0.05, 0) is 58.4 Å². The highest BCUT2D eigenvalue weighted by Gasteiger charge is 2.28. The van der Waals surface area contributed by atoms with Crippen molar-refractivity contribution in [2.75, 3.05) is 6.61 Å². The van der Waals surface area contributed by atoms with Crippen LogP contribution in [0.5, 0.6) is 5.75 Å². The fourth-order valence-electron chi connectivity index (χ4n) is 2.76. The summed E-state index contributed by atoms with van der Waals surface area (Å²) in [7, 11) is 0. The normalized spacial score (nSPS) is 12.2. The smallest absolute Gasteiger partial charge is 0.261 e. The van der Waals surface area contributed by atoms with Crippen molar-refractivity contribution in [2.45, 2.75) is 52.7 Å². The van der Waals surface area contributed by atoms with Gasteiger partial charge in [0.15, 0.2) is 6.61 Å². The van der Waals surface area contributed by atoms with Crippen LogP contribution in [0.4, 0.5) is 0 Å². The van der Waals surface area contributed by atoms with Crippen LogP contribution in [-0.2, 0) is 16.1 Å². The summed E-state index contributed by atoms with van der Waals surface area (Å²) in [6.07, 6.45) is 0. The van der Waals surface area contributed by atoms with Crippen LogP contribution >= 0.6 is 27.5 Å². The van der Waals surface area contributed by atoms with Gasteiger partial charge in [-0.15, -0.1) is 0 Å². The summed E-state index contributed by atoms with van der Waals surface area (Å²) < 4.78 is 6.47. The fraction of sp³-hybridized carbons (Fsp3) is 0.391. The molecule has 0 spiro atoms. The molecule has 5 nitrogen and oxygen atoms in total. The second-order valence-electron chi connectivity index (χ2n) is 8.29. The number of rotatable bonds is 7. The molecule has 162 valence electrons. The molecule has 7 heteroatoms. The van der Waals surface area contributed by atoms with Crippen molar-refractivity contribution in [3.63, 3.8) is 0 Å². The van der Waals surface area contributed by atoms with Crippen molar-refractivity contribution in [3.05, 3.63) is 63.1 Å². The number of hydrogen-bond donors (Lipinski definition) is 1. The van der Waals surface area contributed by atoms with Crippen LogP contribution in [0.25, 0.3) is 0 Å². The number of nitrogens with zero attached hydrogens (tertiary/aromatic N) is 1. The number of amides is 2. The zero-order valence-electron chi connectivity index (χ0n) is 18.0. The Morgan fingerprint density at radius 1 is 1.17 bits per heavy atom. The van der Waals surface area contributed by atoms with Gasteiger partial charge in [0, 0.05) is 16.6 Å². The third-order valence-electron chi connectivity index (χ3n) is 4.38. The first-order chi connectivity index (χ1) is 14.0. The number of benzene rings is 2. The third-order valence-corrected chi connectivity index (χ3v) is 5.17. The zero-order chi connectivity index (χ0) is 22.5. The monoisotopic (exact) mass is 494 g/mol. The van der Waals surface area contributed by atoms with Crippen LogP contribution < -0.4 is 10.1 Å². The summed E-state index contributed by atoms with van der Waals surface area (Å²) in [6, 6.07) is 12.4. The summed E-state index contributed by atoms with van der Waals surface area (Å²) in [5, 5.41) is 3.34. The van der Waals surface area contributed by atoms with E-state index < -0.39 is 11.6 Å². The molecule has 0 fully saturated rings. The van der Waals surface area contributed by atoms with Crippen molar-refractivity contribution in [2.24, 2.45) is 0 Å². The van der Waals surface area contributed by atoms with Gasteiger partial charge in [0.2, 0.25) is 5.91 Å². The highest BCUT2D eigenvalue weighted by atomic mass is 79.9. The van der Waals surface area contributed by atoms with E-state index in [9.17, 15) is 9.59 Å². The molecule has 0 heterocycles. The molecule has 0 bridgehead atoms. The Kier molecular flexibility index (Phi) is 8.33. The van der Waals surface area contributed by atoms with E-state index >= 15 is 0 Å². The molecular weight excluding hydrogens is 468 g/mol. The molecule has 0 radical (unpaired) electrons. The molecule has 2 aromatic rings. The van der Waals surface area contributed by atoms with Crippen molar-refractivity contribution in [1.82, 2.24) is 10.2 Å². The van der Waals surface area contributed by atoms with E-state index in [-0.39, 0.29) is 18.4 Å². The Balaban J connectivity index is 2.18. The van der Waals surface area contributed by atoms with Gasteiger partial charge in [-0.1, -0.05) is 57.4 Å². The molecule has 0 aliphatic rings. The van der Waals surface area contributed by atoms with E-state index in [0.717, 1.165) is 15.6 Å². The van der Waals surface area contributed by atoms with Gasteiger partial charge >= 0.3 is 0 Å². The molecule has 2 aromatic carbocycles. The quantitative estimate of drug-likeness (QED) is 0.580. The predicted molar refractivity (Wildman–Crippen MR) is 124 cm³/mol. The second-order valence-corrected chi connectivity index (χ2v) is 9.61. The van der Waals surface area contributed by atoms with Crippen LogP contribution in [0.1, 0.15) is 38.8 Å². The van der Waals surface area contributed by atoms with Crippen LogP contribution in [0.2, 0.25) is 5.02 Å². The average Bonchev–Trinajstić information content (AvgIpc) is 2.64. The number of carbonyl (C=O) groups is 2. The first-order valence-corrected chi connectivity index (χ1v) is 10.9. The summed E-state index contributed by atoms with van der Waals surface area (Å²) in [6.45, 7) is 9.52. The van der Waals surface area contributed by atoms with Crippen molar-refractivity contribution in [1.29, 1.82) is 0 Å². The standard InChI is InChI=1S/C23H28BrClN2O3/c1-15-6-8-17(9-7-15)13-27(16(2)22(29)26-23(3,4)5)21(28)14-30-20-11-10-18(24)12-19(20)25/h6-12,16H,13-14H2,1-5H3,(H,26,29)/t16-/m1/s1. The third kappa shape index (κ3) is 7.33. The summed E-state index contributed by atoms with van der Waals surface area (Å²) in [4.78, 5) is 27.3. The number of hydrogen-bond acceptors (Lipinski definition) is 3. The summed E-state index contributed by atoms with van der Waals surface area (Å²) in [5.41, 5.74) is 1.67. The molecule has 2 amide bonds. The molecule has 1 atom stereocenters. The molecule has 0 aliphatic heterocycles. The van der Waals surface area contributed by atoms with Gasteiger partial charge < -0.3 is 15.0 Å². The van der Waals surface area contributed by atoms with Crippen molar-refractivity contribution in [3.8, 4) is 5.75 Å². The number of aryl methyl sites for hydroxylation is 1. The molecule has 2 rings (SSSR count). The minimum absolute atomic E-state index is 0.218. The molecule has 0 unspecified atom stereocenters.